The van der Waals surface area contributed by atoms with Gasteiger partial charge in [0.2, 0.25) is 0 Å². The smallest absolute Gasteiger partial charge is 0.0929 e. The summed E-state index contributed by atoms with van der Waals surface area (Å²) < 4.78 is 0. The van der Waals surface area contributed by atoms with Crippen LogP contribution < -0.4 is 5.73 Å². The van der Waals surface area contributed by atoms with Gasteiger partial charge in [-0.3, -0.25) is 0 Å². The molecule has 0 radical (unpaired) electrons. The fourth-order valence-corrected chi connectivity index (χ4v) is 1.70. The zero-order valence-corrected chi connectivity index (χ0v) is 9.04. The first-order valence-electron chi connectivity index (χ1n) is 5.02. The van der Waals surface area contributed by atoms with Crippen molar-refractivity contribution in [3.63, 3.8) is 0 Å². The van der Waals surface area contributed by atoms with E-state index in [1.807, 2.05) is 0 Å². The normalized spacial score (nSPS) is 10.6. The summed E-state index contributed by atoms with van der Waals surface area (Å²) >= 11 is 0. The number of nitrogens with one attached hydrogen (secondary N) is 1. The molecular formula is C12H15N3. The van der Waals surface area contributed by atoms with E-state index in [1.54, 1.807) is 6.33 Å². The van der Waals surface area contributed by atoms with Crippen molar-refractivity contribution in [3.8, 4) is 11.3 Å². The van der Waals surface area contributed by atoms with Crippen molar-refractivity contribution in [3.05, 3.63) is 41.3 Å². The third-order valence-corrected chi connectivity index (χ3v) is 2.57. The number of nitrogens with zero attached hydrogens (tertiary/aromatic N) is 1. The lowest BCUT2D eigenvalue weighted by Crippen LogP contribution is -1.99. The molecule has 1 aromatic heterocycles. The standard InChI is InChI=1S/C12H15N3/c1-8-3-4-9(2)10(5-8)12-11(6-13)14-7-15-12/h3-5,7H,6,13H2,1-2H3,(H,14,15). The average molecular weight is 201 g/mol. The Morgan fingerprint density at radius 1 is 1.33 bits per heavy atom. The molecule has 2 rings (SSSR count). The molecule has 0 saturated heterocycles. The molecule has 3 N–H and O–H groups in total. The summed E-state index contributed by atoms with van der Waals surface area (Å²) in [6.07, 6.45) is 1.69. The molecule has 0 atom stereocenters. The van der Waals surface area contributed by atoms with Crippen LogP contribution in [0.5, 0.6) is 0 Å². The van der Waals surface area contributed by atoms with E-state index in [0.29, 0.717) is 6.54 Å². The van der Waals surface area contributed by atoms with Crippen molar-refractivity contribution in [2.45, 2.75) is 20.4 Å². The van der Waals surface area contributed by atoms with Crippen molar-refractivity contribution in [1.82, 2.24) is 9.97 Å². The summed E-state index contributed by atoms with van der Waals surface area (Å²) in [5, 5.41) is 0. The second-order valence-corrected chi connectivity index (χ2v) is 3.75. The van der Waals surface area contributed by atoms with Gasteiger partial charge in [-0.15, -0.1) is 0 Å². The minimum absolute atomic E-state index is 0.489. The van der Waals surface area contributed by atoms with Gasteiger partial charge in [-0.1, -0.05) is 17.7 Å². The van der Waals surface area contributed by atoms with Gasteiger partial charge in [-0.05, 0) is 25.5 Å². The number of benzene rings is 1. The molecule has 1 heterocycles. The molecule has 2 aromatic rings. The Bertz CT molecular complexity index is 471. The summed E-state index contributed by atoms with van der Waals surface area (Å²) in [7, 11) is 0. The van der Waals surface area contributed by atoms with E-state index in [0.717, 1.165) is 17.0 Å². The van der Waals surface area contributed by atoms with Gasteiger partial charge in [-0.2, -0.15) is 0 Å². The highest BCUT2D eigenvalue weighted by atomic mass is 14.9. The Hall–Kier alpha value is -1.61. The maximum atomic E-state index is 5.65. The molecule has 1 aromatic carbocycles. The molecule has 78 valence electrons. The molecule has 3 heteroatoms. The molecule has 0 unspecified atom stereocenters. The summed E-state index contributed by atoms with van der Waals surface area (Å²) in [5.74, 6) is 0. The van der Waals surface area contributed by atoms with Crippen LogP contribution in [0.3, 0.4) is 0 Å². The zero-order chi connectivity index (χ0) is 10.8. The Kier molecular flexibility index (Phi) is 2.56. The third-order valence-electron chi connectivity index (χ3n) is 2.57. The number of rotatable bonds is 2. The van der Waals surface area contributed by atoms with Crippen molar-refractivity contribution in [2.24, 2.45) is 5.73 Å². The molecule has 0 aliphatic carbocycles. The molecule has 0 amide bonds. The lowest BCUT2D eigenvalue weighted by atomic mass is 10.0. The van der Waals surface area contributed by atoms with Crippen molar-refractivity contribution < 1.29 is 0 Å². The van der Waals surface area contributed by atoms with E-state index in [2.05, 4.69) is 42.0 Å². The molecule has 0 aliphatic heterocycles. The number of aromatic amines is 1. The van der Waals surface area contributed by atoms with Gasteiger partial charge < -0.3 is 10.7 Å². The molecule has 15 heavy (non-hydrogen) atoms. The molecular weight excluding hydrogens is 186 g/mol. The molecule has 0 spiro atoms. The van der Waals surface area contributed by atoms with Crippen LogP contribution >= 0.6 is 0 Å². The van der Waals surface area contributed by atoms with Crippen molar-refractivity contribution >= 4 is 0 Å². The van der Waals surface area contributed by atoms with E-state index in [4.69, 9.17) is 5.73 Å². The summed E-state index contributed by atoms with van der Waals surface area (Å²) in [4.78, 5) is 7.39. The second-order valence-electron chi connectivity index (χ2n) is 3.75. The van der Waals surface area contributed by atoms with Crippen LogP contribution in [-0.2, 0) is 6.54 Å². The molecule has 0 bridgehead atoms. The number of H-pyrrole nitrogens is 1. The van der Waals surface area contributed by atoms with Crippen LogP contribution in [0.15, 0.2) is 24.5 Å². The van der Waals surface area contributed by atoms with E-state index < -0.39 is 0 Å². The van der Waals surface area contributed by atoms with E-state index in [9.17, 15) is 0 Å². The first kappa shape index (κ1) is 9.93. The lowest BCUT2D eigenvalue weighted by molar-refractivity contribution is 1.01. The van der Waals surface area contributed by atoms with Gasteiger partial charge in [-0.25, -0.2) is 4.98 Å². The zero-order valence-electron chi connectivity index (χ0n) is 9.04. The number of aryl methyl sites for hydroxylation is 2. The maximum Gasteiger partial charge on any atom is 0.0929 e. The SMILES string of the molecule is Cc1ccc(C)c(-c2nc[nH]c2CN)c1. The Balaban J connectivity index is 2.58. The first-order chi connectivity index (χ1) is 7.22. The summed E-state index contributed by atoms with van der Waals surface area (Å²) in [6, 6.07) is 6.36. The topological polar surface area (TPSA) is 54.7 Å². The van der Waals surface area contributed by atoms with Gasteiger partial charge >= 0.3 is 0 Å². The van der Waals surface area contributed by atoms with Crippen molar-refractivity contribution in [1.29, 1.82) is 0 Å². The van der Waals surface area contributed by atoms with Crippen LogP contribution in [0.2, 0.25) is 0 Å². The second kappa shape index (κ2) is 3.87. The van der Waals surface area contributed by atoms with Crippen LogP contribution in [0.4, 0.5) is 0 Å². The summed E-state index contributed by atoms with van der Waals surface area (Å²) in [5.41, 5.74) is 11.2. The van der Waals surface area contributed by atoms with E-state index in [-0.39, 0.29) is 0 Å². The predicted octanol–water partition coefficient (Wildman–Crippen LogP) is 2.15. The quantitative estimate of drug-likeness (QED) is 0.782. The number of aromatic nitrogens is 2. The number of imidazole rings is 1. The third kappa shape index (κ3) is 1.78. The highest BCUT2D eigenvalue weighted by Gasteiger charge is 2.09. The van der Waals surface area contributed by atoms with E-state index in [1.165, 1.54) is 11.1 Å². The van der Waals surface area contributed by atoms with Crippen LogP contribution in [0.25, 0.3) is 11.3 Å². The lowest BCUT2D eigenvalue weighted by Gasteiger charge is -2.06. The number of hydrogen-bond acceptors (Lipinski definition) is 2. The van der Waals surface area contributed by atoms with Gasteiger partial charge in [0.05, 0.1) is 17.7 Å². The van der Waals surface area contributed by atoms with Crippen LogP contribution in [0.1, 0.15) is 16.8 Å². The minimum atomic E-state index is 0.489. The van der Waals surface area contributed by atoms with Gasteiger partial charge in [0.15, 0.2) is 0 Å². The predicted molar refractivity (Wildman–Crippen MR) is 61.4 cm³/mol. The average Bonchev–Trinajstić information content (AvgIpc) is 2.69. The molecule has 0 aliphatic rings. The van der Waals surface area contributed by atoms with Crippen molar-refractivity contribution in [2.75, 3.05) is 0 Å². The fourth-order valence-electron chi connectivity index (χ4n) is 1.70. The maximum absolute atomic E-state index is 5.65. The van der Waals surface area contributed by atoms with Crippen LogP contribution in [-0.4, -0.2) is 9.97 Å². The van der Waals surface area contributed by atoms with Crippen LogP contribution in [0, 0.1) is 13.8 Å². The Morgan fingerprint density at radius 3 is 2.87 bits per heavy atom. The van der Waals surface area contributed by atoms with Gasteiger partial charge in [0, 0.05) is 12.1 Å². The monoisotopic (exact) mass is 201 g/mol. The fraction of sp³-hybridized carbons (Fsp3) is 0.250. The minimum Gasteiger partial charge on any atom is -0.347 e. The number of nitrogens with two attached hydrogens (primary N) is 1. The molecule has 3 nitrogen and oxygen atoms in total. The Labute approximate surface area is 89.4 Å². The van der Waals surface area contributed by atoms with Gasteiger partial charge in [0.1, 0.15) is 0 Å². The largest absolute Gasteiger partial charge is 0.347 e. The Morgan fingerprint density at radius 2 is 2.13 bits per heavy atom. The molecule has 0 saturated carbocycles. The molecule has 0 fully saturated rings. The van der Waals surface area contributed by atoms with Gasteiger partial charge in [0.25, 0.3) is 0 Å². The number of hydrogen-bond donors (Lipinski definition) is 2. The first-order valence-corrected chi connectivity index (χ1v) is 5.02. The highest BCUT2D eigenvalue weighted by Crippen LogP contribution is 2.24. The highest BCUT2D eigenvalue weighted by molar-refractivity contribution is 5.66. The summed E-state index contributed by atoms with van der Waals surface area (Å²) in [6.45, 7) is 4.66. The van der Waals surface area contributed by atoms with E-state index >= 15 is 0 Å².